The van der Waals surface area contributed by atoms with Gasteiger partial charge in [0.1, 0.15) is 0 Å². The summed E-state index contributed by atoms with van der Waals surface area (Å²) in [6.07, 6.45) is -4.71. The van der Waals surface area contributed by atoms with E-state index in [1.54, 1.807) is 4.90 Å². The number of carbonyl (C=O) groups excluding carboxylic acids is 1. The Morgan fingerprint density at radius 3 is 2.28 bits per heavy atom. The van der Waals surface area contributed by atoms with Gasteiger partial charge < -0.3 is 5.32 Å². The molecule has 1 aliphatic rings. The topological polar surface area (TPSA) is 69.7 Å². The molecule has 174 valence electrons. The average molecular weight is 498 g/mol. The van der Waals surface area contributed by atoms with Crippen molar-refractivity contribution in [1.29, 1.82) is 0 Å². The van der Waals surface area contributed by atoms with Gasteiger partial charge >= 0.3 is 6.18 Å². The summed E-state index contributed by atoms with van der Waals surface area (Å²) < 4.78 is 92.2. The molecular weight excluding hydrogens is 481 g/mol. The molecule has 1 aliphatic heterocycles. The molecule has 0 saturated carbocycles. The highest BCUT2D eigenvalue weighted by molar-refractivity contribution is 7.89. The lowest BCUT2D eigenvalue weighted by Gasteiger charge is -2.33. The summed E-state index contributed by atoms with van der Waals surface area (Å²) in [6, 6.07) is 5.39. The Labute approximate surface area is 185 Å². The van der Waals surface area contributed by atoms with Gasteiger partial charge in [-0.05, 0) is 30.3 Å². The molecule has 1 amide bonds. The highest BCUT2D eigenvalue weighted by atomic mass is 35.5. The van der Waals surface area contributed by atoms with Crippen LogP contribution in [-0.2, 0) is 21.0 Å². The van der Waals surface area contributed by atoms with Crippen LogP contribution in [0.3, 0.4) is 0 Å². The van der Waals surface area contributed by atoms with E-state index < -0.39 is 49.9 Å². The first-order chi connectivity index (χ1) is 14.9. The predicted octanol–water partition coefficient (Wildman–Crippen LogP) is 3.58. The van der Waals surface area contributed by atoms with Gasteiger partial charge in [-0.2, -0.15) is 17.5 Å². The molecule has 1 N–H and O–H groups in total. The molecule has 6 nitrogen and oxygen atoms in total. The zero-order chi connectivity index (χ0) is 23.7. The van der Waals surface area contributed by atoms with Crippen LogP contribution in [0.25, 0.3) is 0 Å². The molecule has 0 aromatic heterocycles. The first kappa shape index (κ1) is 24.4. The number of hydrogen-bond donors (Lipinski definition) is 1. The zero-order valence-corrected chi connectivity index (χ0v) is 17.9. The van der Waals surface area contributed by atoms with E-state index in [-0.39, 0.29) is 37.7 Å². The van der Waals surface area contributed by atoms with Crippen molar-refractivity contribution in [2.45, 2.75) is 11.1 Å². The van der Waals surface area contributed by atoms with Crippen LogP contribution in [0, 0.1) is 11.6 Å². The summed E-state index contributed by atoms with van der Waals surface area (Å²) in [4.78, 5) is 13.4. The minimum absolute atomic E-state index is 0.0471. The van der Waals surface area contributed by atoms with E-state index in [0.717, 1.165) is 22.5 Å². The van der Waals surface area contributed by atoms with Gasteiger partial charge in [0.25, 0.3) is 0 Å². The zero-order valence-electron chi connectivity index (χ0n) is 16.3. The first-order valence-electron chi connectivity index (χ1n) is 9.22. The smallest absolute Gasteiger partial charge is 0.323 e. The maximum atomic E-state index is 13.4. The summed E-state index contributed by atoms with van der Waals surface area (Å²) in [5.41, 5.74) is -1.63. The molecule has 0 atom stereocenters. The normalized spacial score (nSPS) is 16.2. The number of alkyl halides is 3. The molecule has 1 saturated heterocycles. The second kappa shape index (κ2) is 9.30. The molecule has 1 heterocycles. The molecule has 0 spiro atoms. The van der Waals surface area contributed by atoms with Crippen LogP contribution in [-0.4, -0.2) is 56.3 Å². The number of nitrogens with zero attached hydrogens (tertiary/aromatic N) is 2. The summed E-state index contributed by atoms with van der Waals surface area (Å²) >= 11 is 5.82. The van der Waals surface area contributed by atoms with Crippen molar-refractivity contribution in [3.63, 3.8) is 0 Å². The third-order valence-corrected chi connectivity index (χ3v) is 7.02. The van der Waals surface area contributed by atoms with Gasteiger partial charge in [-0.1, -0.05) is 17.7 Å². The van der Waals surface area contributed by atoms with Crippen molar-refractivity contribution >= 4 is 33.2 Å². The number of carbonyl (C=O) groups is 1. The fourth-order valence-corrected chi connectivity index (χ4v) is 4.84. The van der Waals surface area contributed by atoms with Crippen LogP contribution in [0.1, 0.15) is 5.56 Å². The third kappa shape index (κ3) is 5.37. The second-order valence-corrected chi connectivity index (χ2v) is 9.31. The Kier molecular flexibility index (Phi) is 7.08. The van der Waals surface area contributed by atoms with Crippen molar-refractivity contribution in [2.75, 3.05) is 38.0 Å². The van der Waals surface area contributed by atoms with Gasteiger partial charge in [0, 0.05) is 26.2 Å². The van der Waals surface area contributed by atoms with Gasteiger partial charge in [-0.15, -0.1) is 0 Å². The second-order valence-electron chi connectivity index (χ2n) is 6.96. The molecule has 0 unspecified atom stereocenters. The van der Waals surface area contributed by atoms with E-state index in [1.165, 1.54) is 6.07 Å². The minimum atomic E-state index is -4.71. The van der Waals surface area contributed by atoms with Gasteiger partial charge in [0.2, 0.25) is 15.9 Å². The van der Waals surface area contributed by atoms with Gasteiger partial charge in [0.15, 0.2) is 11.6 Å². The number of amides is 1. The molecule has 1 fully saturated rings. The lowest BCUT2D eigenvalue weighted by Crippen LogP contribution is -2.50. The van der Waals surface area contributed by atoms with Crippen LogP contribution in [0.5, 0.6) is 0 Å². The van der Waals surface area contributed by atoms with E-state index >= 15 is 0 Å². The number of piperazine rings is 1. The van der Waals surface area contributed by atoms with Crippen LogP contribution in [0.2, 0.25) is 5.02 Å². The van der Waals surface area contributed by atoms with Crippen LogP contribution >= 0.6 is 11.6 Å². The summed E-state index contributed by atoms with van der Waals surface area (Å²) in [5, 5.41) is 1.90. The van der Waals surface area contributed by atoms with Crippen molar-refractivity contribution in [1.82, 2.24) is 9.21 Å². The van der Waals surface area contributed by atoms with Crippen LogP contribution < -0.4 is 5.32 Å². The number of halogens is 6. The molecular formula is C19H17ClF5N3O3S. The molecule has 0 radical (unpaired) electrons. The van der Waals surface area contributed by atoms with E-state index in [0.29, 0.717) is 12.1 Å². The molecule has 0 bridgehead atoms. The maximum absolute atomic E-state index is 13.4. The first-order valence-corrected chi connectivity index (χ1v) is 11.0. The van der Waals surface area contributed by atoms with Crippen molar-refractivity contribution in [3.8, 4) is 0 Å². The molecule has 2 aromatic carbocycles. The number of anilines is 1. The average Bonchev–Trinajstić information content (AvgIpc) is 2.71. The standard InChI is InChI=1S/C19H17ClF5N3O3S/c20-14-3-1-2-13(19(23,24)25)18(14)26-17(29)11-27-6-8-28(9-7-27)32(30,31)12-4-5-15(21)16(22)10-12/h1-5,10H,6-9,11H2,(H,26,29). The summed E-state index contributed by atoms with van der Waals surface area (Å²) in [7, 11) is -4.07. The SMILES string of the molecule is O=C(CN1CCN(S(=O)(=O)c2ccc(F)c(F)c2)CC1)Nc1c(Cl)cccc1C(F)(F)F. The monoisotopic (exact) mass is 497 g/mol. The number of rotatable bonds is 5. The fourth-order valence-electron chi connectivity index (χ4n) is 3.18. The number of nitrogens with one attached hydrogen (secondary N) is 1. The third-order valence-electron chi connectivity index (χ3n) is 4.81. The quantitative estimate of drug-likeness (QED) is 0.641. The Hall–Kier alpha value is -2.28. The number of sulfonamides is 1. The highest BCUT2D eigenvalue weighted by Gasteiger charge is 2.35. The lowest BCUT2D eigenvalue weighted by atomic mass is 10.1. The predicted molar refractivity (Wildman–Crippen MR) is 107 cm³/mol. The maximum Gasteiger partial charge on any atom is 0.418 e. The molecule has 32 heavy (non-hydrogen) atoms. The van der Waals surface area contributed by atoms with Crippen LogP contribution in [0.15, 0.2) is 41.3 Å². The Morgan fingerprint density at radius 2 is 1.69 bits per heavy atom. The molecule has 0 aliphatic carbocycles. The summed E-state index contributed by atoms with van der Waals surface area (Å²) in [5.74, 6) is -3.22. The number of para-hydroxylation sites is 1. The van der Waals surface area contributed by atoms with Crippen molar-refractivity contribution < 1.29 is 35.2 Å². The molecule has 3 rings (SSSR count). The number of hydrogen-bond acceptors (Lipinski definition) is 4. The lowest BCUT2D eigenvalue weighted by molar-refractivity contribution is -0.137. The summed E-state index contributed by atoms with van der Waals surface area (Å²) in [6.45, 7) is -0.180. The van der Waals surface area contributed by atoms with Crippen molar-refractivity contribution in [2.24, 2.45) is 0 Å². The van der Waals surface area contributed by atoms with E-state index in [1.807, 2.05) is 0 Å². The molecule has 2 aromatic rings. The largest absolute Gasteiger partial charge is 0.418 e. The Morgan fingerprint density at radius 1 is 1.03 bits per heavy atom. The van der Waals surface area contributed by atoms with Gasteiger partial charge in [0.05, 0.1) is 27.7 Å². The van der Waals surface area contributed by atoms with Crippen LogP contribution in [0.4, 0.5) is 27.6 Å². The van der Waals surface area contributed by atoms with E-state index in [2.05, 4.69) is 5.32 Å². The van der Waals surface area contributed by atoms with E-state index in [9.17, 15) is 35.2 Å². The van der Waals surface area contributed by atoms with E-state index in [4.69, 9.17) is 11.6 Å². The fraction of sp³-hybridized carbons (Fsp3) is 0.316. The number of benzene rings is 2. The highest BCUT2D eigenvalue weighted by Crippen LogP contribution is 2.38. The molecule has 13 heteroatoms. The van der Waals surface area contributed by atoms with Gasteiger partial charge in [-0.25, -0.2) is 17.2 Å². The Bertz CT molecular complexity index is 1120. The minimum Gasteiger partial charge on any atom is -0.323 e. The Balaban J connectivity index is 1.62. The van der Waals surface area contributed by atoms with Crippen molar-refractivity contribution in [3.05, 3.63) is 58.6 Å². The van der Waals surface area contributed by atoms with Gasteiger partial charge in [-0.3, -0.25) is 9.69 Å².